The smallest absolute Gasteiger partial charge is 0.194 e. The monoisotopic (exact) mass is 472 g/mol. The van der Waals surface area contributed by atoms with E-state index < -0.39 is 29.1 Å². The topological polar surface area (TPSA) is 25.8 Å². The Morgan fingerprint density at radius 1 is 0.882 bits per heavy atom. The summed E-state index contributed by atoms with van der Waals surface area (Å²) in [7, 11) is 0. The van der Waals surface area contributed by atoms with Gasteiger partial charge in [-0.2, -0.15) is 0 Å². The Kier molecular flexibility index (Phi) is 7.39. The molecule has 34 heavy (non-hydrogen) atoms. The van der Waals surface area contributed by atoms with Crippen LogP contribution in [0.5, 0.6) is 0 Å². The van der Waals surface area contributed by atoms with Gasteiger partial charge in [0, 0.05) is 23.5 Å². The average Bonchev–Trinajstić information content (AvgIpc) is 2.86. The van der Waals surface area contributed by atoms with Crippen molar-refractivity contribution < 1.29 is 22.0 Å². The van der Waals surface area contributed by atoms with Crippen molar-refractivity contribution in [3.05, 3.63) is 88.8 Å². The number of aromatic nitrogens is 2. The lowest BCUT2D eigenvalue weighted by Gasteiger charge is -2.29. The van der Waals surface area contributed by atoms with Gasteiger partial charge in [-0.15, -0.1) is 0 Å². The molecule has 3 aromatic rings. The first-order valence-electron chi connectivity index (χ1n) is 11.4. The predicted octanol–water partition coefficient (Wildman–Crippen LogP) is 8.10. The third-order valence-electron chi connectivity index (χ3n) is 6.57. The second-order valence-corrected chi connectivity index (χ2v) is 8.89. The van der Waals surface area contributed by atoms with Crippen molar-refractivity contribution in [2.24, 2.45) is 5.92 Å². The number of nitrogens with zero attached hydrogens (tertiary/aromatic N) is 2. The molecule has 7 heteroatoms. The fourth-order valence-corrected chi connectivity index (χ4v) is 4.57. The first kappa shape index (κ1) is 24.0. The molecule has 2 nitrogen and oxygen atoms in total. The Hall–Kier alpha value is -3.09. The van der Waals surface area contributed by atoms with E-state index in [-0.39, 0.29) is 17.0 Å². The van der Waals surface area contributed by atoms with Crippen LogP contribution in [0, 0.1) is 23.4 Å². The highest BCUT2D eigenvalue weighted by Gasteiger charge is 2.22. The van der Waals surface area contributed by atoms with E-state index in [4.69, 9.17) is 0 Å². The molecule has 1 aliphatic carbocycles. The van der Waals surface area contributed by atoms with E-state index in [9.17, 15) is 22.0 Å². The summed E-state index contributed by atoms with van der Waals surface area (Å²) in [5.74, 6) is -4.54. The fraction of sp³-hybridized carbons (Fsp3) is 0.333. The van der Waals surface area contributed by atoms with Gasteiger partial charge in [0.05, 0.1) is 0 Å². The maximum atomic E-state index is 13.7. The van der Waals surface area contributed by atoms with Gasteiger partial charge in [0.1, 0.15) is 5.83 Å². The van der Waals surface area contributed by atoms with E-state index in [1.807, 2.05) is 12.1 Å². The Morgan fingerprint density at radius 2 is 1.47 bits per heavy atom. The van der Waals surface area contributed by atoms with E-state index in [1.54, 1.807) is 24.5 Å². The quantitative estimate of drug-likeness (QED) is 0.268. The highest BCUT2D eigenvalue weighted by atomic mass is 19.2. The number of hydrogen-bond acceptors (Lipinski definition) is 2. The van der Waals surface area contributed by atoms with Crippen LogP contribution in [0.3, 0.4) is 0 Å². The third-order valence-corrected chi connectivity index (χ3v) is 6.57. The summed E-state index contributed by atoms with van der Waals surface area (Å²) in [4.78, 5) is 8.37. The Morgan fingerprint density at radius 3 is 2.03 bits per heavy atom. The van der Waals surface area contributed by atoms with Crippen molar-refractivity contribution in [2.45, 2.75) is 51.4 Å². The summed E-state index contributed by atoms with van der Waals surface area (Å²) in [6, 6.07) is 8.82. The zero-order chi connectivity index (χ0) is 24.2. The summed E-state index contributed by atoms with van der Waals surface area (Å²) in [6.45, 7) is 1.11. The van der Waals surface area contributed by atoms with Gasteiger partial charge >= 0.3 is 0 Å². The number of aryl methyl sites for hydroxylation is 1. The molecule has 0 saturated heterocycles. The van der Waals surface area contributed by atoms with Gasteiger partial charge in [-0.25, -0.2) is 31.9 Å². The molecule has 0 atom stereocenters. The molecule has 1 aliphatic rings. The van der Waals surface area contributed by atoms with E-state index >= 15 is 0 Å². The van der Waals surface area contributed by atoms with Crippen LogP contribution < -0.4 is 0 Å². The van der Waals surface area contributed by atoms with Crippen molar-refractivity contribution in [1.29, 1.82) is 0 Å². The molecule has 0 radical (unpaired) electrons. The van der Waals surface area contributed by atoms with Crippen LogP contribution in [0.15, 0.2) is 54.6 Å². The SMILES string of the molecule is CC(F)=C(F)c1ccc(C2CCC(CCc3cnc(-c4cc(F)c(F)c(F)c4)nc3)CC2)cc1. The minimum atomic E-state index is -1.51. The highest BCUT2D eigenvalue weighted by molar-refractivity contribution is 5.60. The molecule has 0 amide bonds. The number of halogens is 5. The number of benzene rings is 2. The number of hydrogen-bond donors (Lipinski definition) is 0. The minimum absolute atomic E-state index is 0.0906. The van der Waals surface area contributed by atoms with Crippen molar-refractivity contribution in [3.8, 4) is 11.4 Å². The standard InChI is InChI=1S/C27H25F5N2/c1-16(28)25(31)21-10-8-20(9-11-21)19-6-4-17(5-7-19)2-3-18-14-33-27(34-15-18)22-12-23(29)26(32)24(30)13-22/h8-15,17,19H,2-7H2,1H3. The Balaban J connectivity index is 1.28. The van der Waals surface area contributed by atoms with Crippen LogP contribution in [-0.4, -0.2) is 9.97 Å². The second kappa shape index (κ2) is 10.5. The maximum absolute atomic E-state index is 13.7. The minimum Gasteiger partial charge on any atom is -0.236 e. The second-order valence-electron chi connectivity index (χ2n) is 8.89. The van der Waals surface area contributed by atoms with Crippen LogP contribution in [0.4, 0.5) is 22.0 Å². The molecule has 178 valence electrons. The van der Waals surface area contributed by atoms with Gasteiger partial charge in [0.25, 0.3) is 0 Å². The lowest BCUT2D eigenvalue weighted by atomic mass is 9.77. The molecule has 1 aromatic heterocycles. The van der Waals surface area contributed by atoms with Gasteiger partial charge in [-0.1, -0.05) is 24.3 Å². The molecule has 1 heterocycles. The molecule has 0 unspecified atom stereocenters. The first-order chi connectivity index (χ1) is 16.3. The molecular weight excluding hydrogens is 447 g/mol. The zero-order valence-corrected chi connectivity index (χ0v) is 18.8. The molecule has 1 fully saturated rings. The van der Waals surface area contributed by atoms with Crippen LogP contribution in [0.2, 0.25) is 0 Å². The maximum Gasteiger partial charge on any atom is 0.194 e. The highest BCUT2D eigenvalue weighted by Crippen LogP contribution is 2.38. The molecule has 4 rings (SSSR count). The molecule has 0 spiro atoms. The summed E-state index contributed by atoms with van der Waals surface area (Å²) < 4.78 is 66.8. The van der Waals surface area contributed by atoms with Gasteiger partial charge in [0.15, 0.2) is 29.1 Å². The Bertz CT molecular complexity index is 1140. The summed E-state index contributed by atoms with van der Waals surface area (Å²) in [6.07, 6.45) is 9.31. The van der Waals surface area contributed by atoms with Gasteiger partial charge < -0.3 is 0 Å². The Labute approximate surface area is 195 Å². The van der Waals surface area contributed by atoms with E-state index in [0.29, 0.717) is 11.8 Å². The zero-order valence-electron chi connectivity index (χ0n) is 18.8. The van der Waals surface area contributed by atoms with Gasteiger partial charge in [-0.3, -0.25) is 0 Å². The van der Waals surface area contributed by atoms with Gasteiger partial charge in [-0.05, 0) is 80.5 Å². The molecule has 0 bridgehead atoms. The van der Waals surface area contributed by atoms with Crippen LogP contribution in [0.25, 0.3) is 17.2 Å². The molecule has 0 N–H and O–H groups in total. The van der Waals surface area contributed by atoms with Crippen molar-refractivity contribution >= 4 is 5.83 Å². The van der Waals surface area contributed by atoms with Gasteiger partial charge in [0.2, 0.25) is 0 Å². The lowest BCUT2D eigenvalue weighted by Crippen LogP contribution is -2.14. The number of rotatable bonds is 6. The molecule has 0 aliphatic heterocycles. The lowest BCUT2D eigenvalue weighted by molar-refractivity contribution is 0.310. The molecular formula is C27H25F5N2. The van der Waals surface area contributed by atoms with Crippen LogP contribution in [-0.2, 0) is 6.42 Å². The normalized spacial score (nSPS) is 19.1. The summed E-state index contributed by atoms with van der Waals surface area (Å²) in [5.41, 5.74) is 2.44. The fourth-order valence-electron chi connectivity index (χ4n) is 4.57. The van der Waals surface area contributed by atoms with Crippen molar-refractivity contribution in [1.82, 2.24) is 9.97 Å². The van der Waals surface area contributed by atoms with Crippen LogP contribution >= 0.6 is 0 Å². The van der Waals surface area contributed by atoms with E-state index in [1.165, 1.54) is 0 Å². The van der Waals surface area contributed by atoms with Crippen LogP contribution in [0.1, 0.15) is 61.6 Å². The number of allylic oxidation sites excluding steroid dienone is 1. The van der Waals surface area contributed by atoms with Crippen molar-refractivity contribution in [2.75, 3.05) is 0 Å². The summed E-state index contributed by atoms with van der Waals surface area (Å²) in [5, 5.41) is 0. The molecule has 2 aromatic carbocycles. The molecule has 1 saturated carbocycles. The largest absolute Gasteiger partial charge is 0.236 e. The van der Waals surface area contributed by atoms with E-state index in [2.05, 4.69) is 9.97 Å². The van der Waals surface area contributed by atoms with Crippen molar-refractivity contribution in [3.63, 3.8) is 0 Å². The third kappa shape index (κ3) is 5.51. The predicted molar refractivity (Wildman–Crippen MR) is 122 cm³/mol. The first-order valence-corrected chi connectivity index (χ1v) is 11.4. The summed E-state index contributed by atoms with van der Waals surface area (Å²) >= 11 is 0. The van der Waals surface area contributed by atoms with E-state index in [0.717, 1.165) is 68.7 Å². The average molecular weight is 473 g/mol.